The molecule has 0 saturated carbocycles. The van der Waals surface area contributed by atoms with Crippen LogP contribution in [-0.2, 0) is 19.2 Å². The average molecular weight is 420 g/mol. The first-order chi connectivity index (χ1) is 12.7. The summed E-state index contributed by atoms with van der Waals surface area (Å²) in [7, 11) is 0. The number of nitrogens with one attached hydrogen (secondary N) is 1. The van der Waals surface area contributed by atoms with Crippen molar-refractivity contribution in [3.8, 4) is 0 Å². The Morgan fingerprint density at radius 1 is 1.43 bits per heavy atom. The van der Waals surface area contributed by atoms with Gasteiger partial charge in [0.25, 0.3) is 5.92 Å². The Morgan fingerprint density at radius 3 is 2.50 bits per heavy atom. The van der Waals surface area contributed by atoms with Gasteiger partial charge in [-0.3, -0.25) is 4.84 Å². The first-order valence-corrected chi connectivity index (χ1v) is 8.03. The maximum atomic E-state index is 13.7. The monoisotopic (exact) mass is 420 g/mol. The summed E-state index contributed by atoms with van der Waals surface area (Å²) in [5, 5.41) is 21.0. The van der Waals surface area contributed by atoms with Crippen LogP contribution in [0.2, 0.25) is 0 Å². The molecule has 0 spiro atoms. The van der Waals surface area contributed by atoms with E-state index >= 15 is 0 Å². The lowest BCUT2D eigenvalue weighted by Gasteiger charge is -2.28. The standard InChI is InChI=1S/C13H20F2N2O4.C2HF3O2/c1-3-6-20-11(18)12(2,19)4-5-17-10-9(7-21-17)16-8-13(10,14)15;3-2(4,5)1(6)7/h3,9-10,16,19H,1,4-8H2,2H3;(H,6,7)/t9-,10+,12-;/m1./s1. The van der Waals surface area contributed by atoms with E-state index in [0.29, 0.717) is 0 Å². The van der Waals surface area contributed by atoms with Gasteiger partial charge in [-0.1, -0.05) is 12.7 Å². The molecule has 162 valence electrons. The largest absolute Gasteiger partial charge is 0.490 e. The Hall–Kier alpha value is -1.83. The molecule has 0 aromatic carbocycles. The number of rotatable bonds is 6. The molecule has 3 N–H and O–H groups in total. The van der Waals surface area contributed by atoms with Crippen molar-refractivity contribution in [3.05, 3.63) is 12.7 Å². The molecule has 2 aliphatic rings. The molecule has 2 heterocycles. The van der Waals surface area contributed by atoms with Gasteiger partial charge in [-0.2, -0.15) is 18.2 Å². The zero-order valence-electron chi connectivity index (χ0n) is 14.8. The van der Waals surface area contributed by atoms with Crippen molar-refractivity contribution in [2.45, 2.75) is 43.1 Å². The summed E-state index contributed by atoms with van der Waals surface area (Å²) >= 11 is 0. The molecule has 0 aromatic rings. The molecule has 0 aliphatic carbocycles. The lowest BCUT2D eigenvalue weighted by molar-refractivity contribution is -0.192. The molecule has 13 heteroatoms. The minimum atomic E-state index is -5.08. The summed E-state index contributed by atoms with van der Waals surface area (Å²) in [5.41, 5.74) is -1.76. The van der Waals surface area contributed by atoms with Crippen LogP contribution >= 0.6 is 0 Å². The van der Waals surface area contributed by atoms with Crippen LogP contribution in [0.4, 0.5) is 22.0 Å². The van der Waals surface area contributed by atoms with Crippen LogP contribution in [0.1, 0.15) is 13.3 Å². The zero-order chi connectivity index (χ0) is 21.8. The number of carboxylic acid groups (broad SMARTS) is 1. The normalized spacial score (nSPS) is 25.8. The van der Waals surface area contributed by atoms with E-state index in [1.54, 1.807) is 0 Å². The summed E-state index contributed by atoms with van der Waals surface area (Å²) < 4.78 is 64.0. The van der Waals surface area contributed by atoms with Crippen molar-refractivity contribution >= 4 is 11.9 Å². The molecule has 0 unspecified atom stereocenters. The number of fused-ring (bicyclic) bond motifs is 1. The first-order valence-electron chi connectivity index (χ1n) is 8.03. The number of ether oxygens (including phenoxy) is 1. The molecule has 2 fully saturated rings. The number of carboxylic acids is 1. The topological polar surface area (TPSA) is 108 Å². The maximum absolute atomic E-state index is 13.7. The maximum Gasteiger partial charge on any atom is 0.490 e. The molecule has 2 rings (SSSR count). The Balaban J connectivity index is 0.000000480. The number of carbonyl (C=O) groups is 2. The molecule has 8 nitrogen and oxygen atoms in total. The average Bonchev–Trinajstić information content (AvgIpc) is 3.12. The third kappa shape index (κ3) is 6.36. The highest BCUT2D eigenvalue weighted by Gasteiger charge is 2.57. The van der Waals surface area contributed by atoms with E-state index in [1.807, 2.05) is 0 Å². The van der Waals surface area contributed by atoms with E-state index < -0.39 is 41.7 Å². The summed E-state index contributed by atoms with van der Waals surface area (Å²) in [4.78, 5) is 25.8. The number of aliphatic carboxylic acids is 1. The van der Waals surface area contributed by atoms with E-state index in [1.165, 1.54) is 13.0 Å². The minimum absolute atomic E-state index is 0.00856. The van der Waals surface area contributed by atoms with Crippen molar-refractivity contribution < 1.29 is 51.3 Å². The Bertz CT molecular complexity index is 584. The minimum Gasteiger partial charge on any atom is -0.475 e. The van der Waals surface area contributed by atoms with Gasteiger partial charge < -0.3 is 20.3 Å². The molecule has 0 amide bonds. The van der Waals surface area contributed by atoms with E-state index in [2.05, 4.69) is 11.9 Å². The van der Waals surface area contributed by atoms with Gasteiger partial charge in [0.05, 0.1) is 19.2 Å². The van der Waals surface area contributed by atoms with E-state index in [0.717, 1.165) is 5.06 Å². The number of halogens is 5. The summed E-state index contributed by atoms with van der Waals surface area (Å²) in [6.07, 6.45) is -3.77. The van der Waals surface area contributed by atoms with Gasteiger partial charge >= 0.3 is 18.1 Å². The van der Waals surface area contributed by atoms with Crippen molar-refractivity contribution in [1.82, 2.24) is 10.4 Å². The summed E-state index contributed by atoms with van der Waals surface area (Å²) in [6.45, 7) is 4.45. The van der Waals surface area contributed by atoms with Crippen LogP contribution in [0, 0.1) is 0 Å². The predicted octanol–water partition coefficient (Wildman–Crippen LogP) is 0.713. The highest BCUT2D eigenvalue weighted by Crippen LogP contribution is 2.35. The van der Waals surface area contributed by atoms with E-state index in [4.69, 9.17) is 19.5 Å². The molecule has 2 aliphatic heterocycles. The molecule has 0 radical (unpaired) electrons. The molecule has 0 bridgehead atoms. The van der Waals surface area contributed by atoms with Crippen LogP contribution in [-0.4, -0.2) is 83.3 Å². The highest BCUT2D eigenvalue weighted by molar-refractivity contribution is 5.78. The zero-order valence-corrected chi connectivity index (χ0v) is 14.8. The lowest BCUT2D eigenvalue weighted by Crippen LogP contribution is -2.47. The third-order valence-electron chi connectivity index (χ3n) is 3.98. The second kappa shape index (κ2) is 9.11. The fourth-order valence-electron chi connectivity index (χ4n) is 2.52. The van der Waals surface area contributed by atoms with Gasteiger partial charge in [-0.15, -0.1) is 0 Å². The van der Waals surface area contributed by atoms with Gasteiger partial charge in [0.1, 0.15) is 12.6 Å². The van der Waals surface area contributed by atoms with Gasteiger partial charge in [0.2, 0.25) is 0 Å². The number of hydroxylamine groups is 2. The SMILES string of the molecule is C=CCOC(=O)[C@](C)(O)CCN1OC[C@H]2NCC(F)(F)[C@H]21.O=C(O)C(F)(F)F. The number of hydrogen-bond acceptors (Lipinski definition) is 7. The fourth-order valence-corrected chi connectivity index (χ4v) is 2.52. The van der Waals surface area contributed by atoms with Crippen molar-refractivity contribution in [2.75, 3.05) is 26.3 Å². The quantitative estimate of drug-likeness (QED) is 0.328. The van der Waals surface area contributed by atoms with Crippen molar-refractivity contribution in [1.29, 1.82) is 0 Å². The van der Waals surface area contributed by atoms with Gasteiger partial charge in [-0.05, 0) is 6.92 Å². The number of alkyl halides is 5. The smallest absolute Gasteiger partial charge is 0.475 e. The van der Waals surface area contributed by atoms with Crippen molar-refractivity contribution in [2.24, 2.45) is 0 Å². The number of esters is 1. The third-order valence-corrected chi connectivity index (χ3v) is 3.98. The molecule has 3 atom stereocenters. The van der Waals surface area contributed by atoms with Gasteiger partial charge in [0.15, 0.2) is 5.60 Å². The molecular weight excluding hydrogens is 399 g/mol. The van der Waals surface area contributed by atoms with Crippen molar-refractivity contribution in [3.63, 3.8) is 0 Å². The number of aliphatic hydroxyl groups is 1. The van der Waals surface area contributed by atoms with Crippen LogP contribution in [0.25, 0.3) is 0 Å². The molecule has 0 aromatic heterocycles. The Morgan fingerprint density at radius 2 is 2.00 bits per heavy atom. The summed E-state index contributed by atoms with van der Waals surface area (Å²) in [6, 6.07) is -1.50. The fraction of sp³-hybridized carbons (Fsp3) is 0.733. The number of hydrogen-bond donors (Lipinski definition) is 3. The molecule has 28 heavy (non-hydrogen) atoms. The second-order valence-electron chi connectivity index (χ2n) is 6.34. The number of nitrogens with zero attached hydrogens (tertiary/aromatic N) is 1. The van der Waals surface area contributed by atoms with Crippen LogP contribution in [0.15, 0.2) is 12.7 Å². The highest BCUT2D eigenvalue weighted by atomic mass is 19.4. The van der Waals surface area contributed by atoms with Crippen LogP contribution in [0.5, 0.6) is 0 Å². The van der Waals surface area contributed by atoms with Gasteiger partial charge in [-0.25, -0.2) is 18.4 Å². The van der Waals surface area contributed by atoms with Crippen LogP contribution in [0.3, 0.4) is 0 Å². The summed E-state index contributed by atoms with van der Waals surface area (Å²) in [5.74, 6) is -6.46. The van der Waals surface area contributed by atoms with Crippen LogP contribution < -0.4 is 5.32 Å². The number of carbonyl (C=O) groups excluding carboxylic acids is 1. The molecular formula is C15H21F5N2O6. The van der Waals surface area contributed by atoms with E-state index in [-0.39, 0.29) is 32.7 Å². The Labute approximate surface area is 156 Å². The lowest BCUT2D eigenvalue weighted by atomic mass is 10.0. The van der Waals surface area contributed by atoms with E-state index in [9.17, 15) is 31.9 Å². The second-order valence-corrected chi connectivity index (χ2v) is 6.34. The Kier molecular flexibility index (Phi) is 7.88. The van der Waals surface area contributed by atoms with Gasteiger partial charge in [0, 0.05) is 13.0 Å². The first kappa shape index (κ1) is 24.2. The molecule has 2 saturated heterocycles. The predicted molar refractivity (Wildman–Crippen MR) is 83.3 cm³/mol.